The average molecular weight is 340 g/mol. The van der Waals surface area contributed by atoms with Gasteiger partial charge in [0.05, 0.1) is 18.6 Å². The molecule has 0 saturated carbocycles. The van der Waals surface area contributed by atoms with Crippen LogP contribution in [0.5, 0.6) is 0 Å². The zero-order chi connectivity index (χ0) is 17.6. The monoisotopic (exact) mass is 340 g/mol. The summed E-state index contributed by atoms with van der Waals surface area (Å²) in [6.07, 6.45) is 0.180. The third kappa shape index (κ3) is 2.55. The number of aromatic nitrogens is 3. The highest BCUT2D eigenvalue weighted by Crippen LogP contribution is 2.37. The first-order valence-electron chi connectivity index (χ1n) is 8.40. The summed E-state index contributed by atoms with van der Waals surface area (Å²) in [6, 6.07) is 7.80. The Morgan fingerprint density at radius 3 is 2.72 bits per heavy atom. The van der Waals surface area contributed by atoms with Crippen LogP contribution in [-0.4, -0.2) is 38.1 Å². The number of hydrogen-bond acceptors (Lipinski definition) is 5. The van der Waals surface area contributed by atoms with E-state index in [1.54, 1.807) is 0 Å². The smallest absolute Gasteiger partial charge is 0.240 e. The van der Waals surface area contributed by atoms with Crippen LogP contribution in [0.3, 0.4) is 0 Å². The summed E-state index contributed by atoms with van der Waals surface area (Å²) in [7, 11) is 0. The maximum absolute atomic E-state index is 13.0. The van der Waals surface area contributed by atoms with Crippen LogP contribution in [0.25, 0.3) is 0 Å². The summed E-state index contributed by atoms with van der Waals surface area (Å²) in [5.41, 5.74) is 1.17. The molecule has 2 aliphatic heterocycles. The molecule has 0 spiro atoms. The molecule has 2 aromatic rings. The third-order valence-electron chi connectivity index (χ3n) is 5.11. The molecule has 1 unspecified atom stereocenters. The Morgan fingerprint density at radius 2 is 1.96 bits per heavy atom. The molecule has 1 aromatic carbocycles. The van der Waals surface area contributed by atoms with E-state index in [1.165, 1.54) is 4.90 Å². The molecule has 0 aliphatic carbocycles. The minimum absolute atomic E-state index is 0.159. The number of carbonyl (C=O) groups is 2. The SMILES string of the molecule is Cc1ccc(C2(C)CC(=O)N(Cc3nnc4n3CCOC4)C2=O)cc1. The van der Waals surface area contributed by atoms with Crippen LogP contribution in [0.2, 0.25) is 0 Å². The van der Waals surface area contributed by atoms with Crippen molar-refractivity contribution >= 4 is 11.8 Å². The zero-order valence-corrected chi connectivity index (χ0v) is 14.4. The molecule has 130 valence electrons. The van der Waals surface area contributed by atoms with Crippen molar-refractivity contribution in [3.8, 4) is 0 Å². The van der Waals surface area contributed by atoms with Crippen LogP contribution in [-0.2, 0) is 39.4 Å². The van der Waals surface area contributed by atoms with Gasteiger partial charge in [0, 0.05) is 13.0 Å². The number of carbonyl (C=O) groups excluding carboxylic acids is 2. The molecule has 3 heterocycles. The van der Waals surface area contributed by atoms with Gasteiger partial charge in [0.25, 0.3) is 0 Å². The van der Waals surface area contributed by atoms with Crippen LogP contribution < -0.4 is 0 Å². The Labute approximate surface area is 145 Å². The molecular formula is C18H20N4O3. The molecule has 25 heavy (non-hydrogen) atoms. The molecule has 0 radical (unpaired) electrons. The van der Waals surface area contributed by atoms with E-state index in [-0.39, 0.29) is 24.8 Å². The van der Waals surface area contributed by atoms with E-state index in [9.17, 15) is 9.59 Å². The van der Waals surface area contributed by atoms with Crippen LogP contribution in [0, 0.1) is 6.92 Å². The van der Waals surface area contributed by atoms with Crippen molar-refractivity contribution in [1.29, 1.82) is 0 Å². The molecule has 4 rings (SSSR count). The number of ether oxygens (including phenoxy) is 1. The number of aryl methyl sites for hydroxylation is 1. The Morgan fingerprint density at radius 1 is 1.20 bits per heavy atom. The minimum Gasteiger partial charge on any atom is -0.372 e. The van der Waals surface area contributed by atoms with Gasteiger partial charge in [0.2, 0.25) is 11.8 Å². The summed E-state index contributed by atoms with van der Waals surface area (Å²) < 4.78 is 7.29. The van der Waals surface area contributed by atoms with Crippen molar-refractivity contribution in [2.24, 2.45) is 0 Å². The molecule has 7 nitrogen and oxygen atoms in total. The standard InChI is InChI=1S/C18H20N4O3/c1-12-3-5-13(6-4-12)18(2)9-16(23)22(17(18)24)10-14-19-20-15-11-25-8-7-21(14)15/h3-6H,7-11H2,1-2H3. The van der Waals surface area contributed by atoms with Crippen LogP contribution in [0.15, 0.2) is 24.3 Å². The van der Waals surface area contributed by atoms with E-state index in [0.29, 0.717) is 25.6 Å². The van der Waals surface area contributed by atoms with Crippen LogP contribution in [0.4, 0.5) is 0 Å². The minimum atomic E-state index is -0.821. The Hall–Kier alpha value is -2.54. The van der Waals surface area contributed by atoms with Gasteiger partial charge in [0.15, 0.2) is 11.6 Å². The van der Waals surface area contributed by atoms with E-state index >= 15 is 0 Å². The van der Waals surface area contributed by atoms with Gasteiger partial charge in [0.1, 0.15) is 6.61 Å². The lowest BCUT2D eigenvalue weighted by Gasteiger charge is -2.23. The number of fused-ring (bicyclic) bond motifs is 1. The van der Waals surface area contributed by atoms with E-state index in [0.717, 1.165) is 17.0 Å². The highest BCUT2D eigenvalue weighted by Gasteiger charge is 2.49. The van der Waals surface area contributed by atoms with E-state index in [1.807, 2.05) is 42.7 Å². The van der Waals surface area contributed by atoms with Gasteiger partial charge < -0.3 is 9.30 Å². The number of amides is 2. The van der Waals surface area contributed by atoms with Gasteiger partial charge >= 0.3 is 0 Å². The topological polar surface area (TPSA) is 77.3 Å². The summed E-state index contributed by atoms with van der Waals surface area (Å²) in [5, 5.41) is 8.24. The fourth-order valence-electron chi connectivity index (χ4n) is 3.51. The molecule has 1 saturated heterocycles. The predicted molar refractivity (Wildman–Crippen MR) is 88.4 cm³/mol. The number of benzene rings is 1. The Balaban J connectivity index is 1.61. The molecule has 2 aliphatic rings. The third-order valence-corrected chi connectivity index (χ3v) is 5.11. The van der Waals surface area contributed by atoms with E-state index in [2.05, 4.69) is 10.2 Å². The largest absolute Gasteiger partial charge is 0.372 e. The number of likely N-dealkylation sites (tertiary alicyclic amines) is 1. The fourth-order valence-corrected chi connectivity index (χ4v) is 3.51. The second-order valence-corrected chi connectivity index (χ2v) is 6.90. The lowest BCUT2D eigenvalue weighted by Crippen LogP contribution is -2.37. The van der Waals surface area contributed by atoms with Crippen molar-refractivity contribution in [3.63, 3.8) is 0 Å². The van der Waals surface area contributed by atoms with Crippen molar-refractivity contribution in [1.82, 2.24) is 19.7 Å². The molecule has 1 fully saturated rings. The summed E-state index contributed by atoms with van der Waals surface area (Å²) in [5.74, 6) is 1.03. The van der Waals surface area contributed by atoms with Gasteiger partial charge in [-0.1, -0.05) is 29.8 Å². The molecule has 0 N–H and O–H groups in total. The summed E-state index contributed by atoms with van der Waals surface area (Å²) in [6.45, 7) is 5.63. The second-order valence-electron chi connectivity index (χ2n) is 6.90. The van der Waals surface area contributed by atoms with Crippen molar-refractivity contribution < 1.29 is 14.3 Å². The first kappa shape index (κ1) is 16.0. The first-order valence-corrected chi connectivity index (χ1v) is 8.40. The van der Waals surface area contributed by atoms with Gasteiger partial charge in [-0.05, 0) is 19.4 Å². The fraction of sp³-hybridized carbons (Fsp3) is 0.444. The second kappa shape index (κ2) is 5.77. The highest BCUT2D eigenvalue weighted by molar-refractivity contribution is 6.08. The van der Waals surface area contributed by atoms with E-state index < -0.39 is 5.41 Å². The first-order chi connectivity index (χ1) is 12.0. The maximum Gasteiger partial charge on any atom is 0.240 e. The lowest BCUT2D eigenvalue weighted by molar-refractivity contribution is -0.140. The Bertz CT molecular complexity index is 843. The lowest BCUT2D eigenvalue weighted by atomic mass is 9.81. The summed E-state index contributed by atoms with van der Waals surface area (Å²) in [4.78, 5) is 26.9. The molecule has 1 atom stereocenters. The van der Waals surface area contributed by atoms with E-state index in [4.69, 9.17) is 4.74 Å². The average Bonchev–Trinajstić information content (AvgIpc) is 3.11. The Kier molecular flexibility index (Phi) is 3.68. The zero-order valence-electron chi connectivity index (χ0n) is 14.4. The van der Waals surface area contributed by atoms with Gasteiger partial charge in [-0.3, -0.25) is 14.5 Å². The molecular weight excluding hydrogens is 320 g/mol. The predicted octanol–water partition coefficient (Wildman–Crippen LogP) is 1.33. The van der Waals surface area contributed by atoms with Crippen molar-refractivity contribution in [2.45, 2.75) is 45.4 Å². The van der Waals surface area contributed by atoms with Crippen molar-refractivity contribution in [2.75, 3.05) is 6.61 Å². The summed E-state index contributed by atoms with van der Waals surface area (Å²) >= 11 is 0. The van der Waals surface area contributed by atoms with Crippen LogP contribution in [0.1, 0.15) is 36.1 Å². The van der Waals surface area contributed by atoms with Gasteiger partial charge in [-0.25, -0.2) is 0 Å². The molecule has 7 heteroatoms. The quantitative estimate of drug-likeness (QED) is 0.788. The number of imide groups is 1. The molecule has 0 bridgehead atoms. The number of rotatable bonds is 3. The highest BCUT2D eigenvalue weighted by atomic mass is 16.5. The maximum atomic E-state index is 13.0. The molecule has 2 amide bonds. The normalized spacial score (nSPS) is 23.2. The van der Waals surface area contributed by atoms with Gasteiger partial charge in [-0.15, -0.1) is 10.2 Å². The van der Waals surface area contributed by atoms with Crippen LogP contribution >= 0.6 is 0 Å². The number of nitrogens with zero attached hydrogens (tertiary/aromatic N) is 4. The number of hydrogen-bond donors (Lipinski definition) is 0. The van der Waals surface area contributed by atoms with Crippen molar-refractivity contribution in [3.05, 3.63) is 47.0 Å². The van der Waals surface area contributed by atoms with Gasteiger partial charge in [-0.2, -0.15) is 0 Å². The molecule has 1 aromatic heterocycles.